The van der Waals surface area contributed by atoms with Gasteiger partial charge >= 0.3 is 90.9 Å². The van der Waals surface area contributed by atoms with Crippen molar-refractivity contribution in [3.63, 3.8) is 0 Å². The van der Waals surface area contributed by atoms with Crippen molar-refractivity contribution in [1.82, 2.24) is 5.32 Å². The van der Waals surface area contributed by atoms with Crippen LogP contribution in [0.1, 0.15) is 33.1 Å². The van der Waals surface area contributed by atoms with Crippen molar-refractivity contribution >= 4 is 15.8 Å². The number of alkyl halides is 3. The molecule has 0 aromatic carbocycles. The zero-order valence-electron chi connectivity index (χ0n) is 8.29. The Morgan fingerprint density at radius 1 is 1.42 bits per heavy atom. The Kier molecular flexibility index (Phi) is 5.11. The van der Waals surface area contributed by atoms with Crippen molar-refractivity contribution in [3.05, 3.63) is 0 Å². The molecule has 1 saturated carbocycles. The van der Waals surface area contributed by atoms with Crippen LogP contribution in [-0.4, -0.2) is 19.4 Å². The number of nitrogens with one attached hydrogen (secondary N) is 1. The van der Waals surface area contributed by atoms with Gasteiger partial charge < -0.3 is 0 Å². The molecule has 0 amide bonds. The maximum absolute atomic E-state index is 3.78. The van der Waals surface area contributed by atoms with Crippen molar-refractivity contribution in [1.29, 1.82) is 0 Å². The Bertz CT molecular complexity index is 134. The average Bonchev–Trinajstić information content (AvgIpc) is 1.97. The molecule has 12 heavy (non-hydrogen) atoms. The molecule has 1 fully saturated rings. The van der Waals surface area contributed by atoms with Gasteiger partial charge in [0.25, 0.3) is 0 Å². The molecule has 0 heterocycles. The Balaban J connectivity index is 2.41. The van der Waals surface area contributed by atoms with E-state index >= 15 is 0 Å². The topological polar surface area (TPSA) is 12.0 Å². The quantitative estimate of drug-likeness (QED) is 0.380. The van der Waals surface area contributed by atoms with Gasteiger partial charge in [0.2, 0.25) is 0 Å². The molecule has 0 bridgehead atoms. The Morgan fingerprint density at radius 2 is 2.08 bits per heavy atom. The first kappa shape index (κ1) is 11.5. The van der Waals surface area contributed by atoms with Gasteiger partial charge in [0, 0.05) is 0 Å². The molecule has 0 atom stereocenters. The van der Waals surface area contributed by atoms with Crippen molar-refractivity contribution < 1.29 is 17.2 Å². The maximum atomic E-state index is 3.78. The van der Waals surface area contributed by atoms with Crippen LogP contribution in [0.25, 0.3) is 0 Å². The summed E-state index contributed by atoms with van der Waals surface area (Å²) < 4.78 is 2.25. The molecular weight excluding hydrogens is 376 g/mol. The minimum absolute atomic E-state index is 0.536. The molecule has 0 spiro atoms. The van der Waals surface area contributed by atoms with E-state index in [4.69, 9.17) is 0 Å². The van der Waals surface area contributed by atoms with Gasteiger partial charge in [0.1, 0.15) is 0 Å². The minimum atomic E-state index is -0.536. The second-order valence-corrected chi connectivity index (χ2v) is 21.7. The van der Waals surface area contributed by atoms with Gasteiger partial charge in [-0.3, -0.25) is 0 Å². The molecule has 1 nitrogen and oxygen atoms in total. The van der Waals surface area contributed by atoms with Crippen LogP contribution in [0.4, 0.5) is 0 Å². The predicted molar refractivity (Wildman–Crippen MR) is 60.7 cm³/mol. The summed E-state index contributed by atoms with van der Waals surface area (Å²) >= 11 is 0.0658. The van der Waals surface area contributed by atoms with Gasteiger partial charge in [-0.1, -0.05) is 0 Å². The van der Waals surface area contributed by atoms with E-state index in [0.29, 0.717) is 17.2 Å². The van der Waals surface area contributed by atoms with Gasteiger partial charge in [-0.05, 0) is 0 Å². The van der Waals surface area contributed by atoms with Gasteiger partial charge in [0.15, 0.2) is 0 Å². The van der Waals surface area contributed by atoms with Gasteiger partial charge in [0.05, 0.1) is 0 Å². The fourth-order valence-corrected chi connectivity index (χ4v) is 19.4. The summed E-state index contributed by atoms with van der Waals surface area (Å²) in [6, 6.07) is 0. The van der Waals surface area contributed by atoms with E-state index in [0.717, 1.165) is 3.55 Å². The van der Waals surface area contributed by atoms with Crippen molar-refractivity contribution in [2.45, 2.75) is 36.7 Å². The van der Waals surface area contributed by atoms with E-state index in [2.05, 4.69) is 24.1 Å². The van der Waals surface area contributed by atoms with Crippen LogP contribution < -0.4 is 22.5 Å². The first-order valence-electron chi connectivity index (χ1n) is 4.70. The van der Waals surface area contributed by atoms with Crippen molar-refractivity contribution in [2.24, 2.45) is 0 Å². The van der Waals surface area contributed by atoms with Crippen LogP contribution in [0.2, 0.25) is 0 Å². The summed E-state index contributed by atoms with van der Waals surface area (Å²) in [5.74, 6) is 0. The monoisotopic (exact) mass is 396 g/mol. The third-order valence-corrected chi connectivity index (χ3v) is 23.0. The fraction of sp³-hybridized carbons (Fsp3) is 1.00. The molecule has 0 aromatic heterocycles. The SMILES string of the molecule is CCNC1(I(C)[I-]CC)CCC1. The molecule has 0 unspecified atom stereocenters. The van der Waals surface area contributed by atoms with Crippen LogP contribution in [0.15, 0.2) is 0 Å². The predicted octanol–water partition coefficient (Wildman–Crippen LogP) is -0.364. The van der Waals surface area contributed by atoms with Crippen molar-refractivity contribution in [2.75, 3.05) is 15.9 Å². The summed E-state index contributed by atoms with van der Waals surface area (Å²) in [4.78, 5) is 2.61. The van der Waals surface area contributed by atoms with E-state index in [1.54, 1.807) is 0 Å². The van der Waals surface area contributed by atoms with Crippen LogP contribution in [0.5, 0.6) is 0 Å². The third-order valence-electron chi connectivity index (χ3n) is 2.39. The number of hydrogen-bond acceptors (Lipinski definition) is 1. The van der Waals surface area contributed by atoms with Crippen LogP contribution in [-0.2, 0) is 0 Å². The Morgan fingerprint density at radius 3 is 2.42 bits per heavy atom. The second-order valence-electron chi connectivity index (χ2n) is 3.12. The van der Waals surface area contributed by atoms with Gasteiger partial charge in [-0.15, -0.1) is 0 Å². The molecule has 1 aliphatic carbocycles. The summed E-state index contributed by atoms with van der Waals surface area (Å²) in [7, 11) is 0. The number of rotatable bonds is 5. The zero-order valence-corrected chi connectivity index (χ0v) is 12.6. The molecule has 76 valence electrons. The van der Waals surface area contributed by atoms with E-state index in [1.807, 2.05) is 0 Å². The van der Waals surface area contributed by atoms with E-state index < -0.39 is 15.8 Å². The van der Waals surface area contributed by atoms with E-state index in [-0.39, 0.29) is 0 Å². The average molecular weight is 396 g/mol. The summed E-state index contributed by atoms with van der Waals surface area (Å²) in [6.07, 6.45) is 4.49. The third kappa shape index (κ3) is 2.47. The number of halogens is 2. The normalized spacial score (nSPS) is 22.1. The molecule has 1 aliphatic rings. The summed E-state index contributed by atoms with van der Waals surface area (Å²) in [6.45, 7) is 5.82. The zero-order chi connectivity index (χ0) is 9.03. The molecule has 0 aliphatic heterocycles. The molecule has 0 saturated heterocycles. The molecule has 1 rings (SSSR count). The van der Waals surface area contributed by atoms with E-state index in [1.165, 1.54) is 30.2 Å². The molecule has 0 radical (unpaired) electrons. The fourth-order valence-electron chi connectivity index (χ4n) is 1.58. The van der Waals surface area contributed by atoms with Crippen LogP contribution >= 0.6 is 15.8 Å². The van der Waals surface area contributed by atoms with Gasteiger partial charge in [-0.2, -0.15) is 0 Å². The first-order valence-corrected chi connectivity index (χ1v) is 15.7. The Hall–Kier alpha value is 1.42. The first-order chi connectivity index (χ1) is 5.75. The van der Waals surface area contributed by atoms with E-state index in [9.17, 15) is 0 Å². The van der Waals surface area contributed by atoms with Crippen LogP contribution in [0, 0.1) is 0 Å². The van der Waals surface area contributed by atoms with Crippen molar-refractivity contribution in [3.8, 4) is 0 Å². The number of hydrogen-bond donors (Lipinski definition) is 1. The Labute approximate surface area is 90.1 Å². The van der Waals surface area contributed by atoms with Crippen LogP contribution in [0.3, 0.4) is 0 Å². The molecule has 3 heteroatoms. The molecular formula is C9H20I2N-. The standard InChI is InChI=1S/C9H20I2N/c1-4-10-11(3)9(12-5-2)7-6-8-9/h12H,4-8H2,1-3H3/q-1. The molecule has 0 aromatic rings. The summed E-state index contributed by atoms with van der Waals surface area (Å²) in [5, 5.41) is 3.78. The molecule has 1 N–H and O–H groups in total. The second kappa shape index (κ2) is 5.34. The van der Waals surface area contributed by atoms with Gasteiger partial charge in [-0.25, -0.2) is 0 Å². The summed E-state index contributed by atoms with van der Waals surface area (Å²) in [5.41, 5.74) is 0.